The van der Waals surface area contributed by atoms with E-state index in [4.69, 9.17) is 0 Å². The Morgan fingerprint density at radius 2 is 1.77 bits per heavy atom. The zero-order chi connectivity index (χ0) is 15.9. The van der Waals surface area contributed by atoms with Gasteiger partial charge in [0, 0.05) is 18.0 Å². The summed E-state index contributed by atoms with van der Waals surface area (Å²) in [5, 5.41) is 3.57. The van der Waals surface area contributed by atoms with Crippen LogP contribution in [-0.2, 0) is 19.5 Å². The van der Waals surface area contributed by atoms with Gasteiger partial charge < -0.3 is 5.32 Å². The number of nitrogens with one attached hydrogen (secondary N) is 1. The minimum atomic E-state index is 0.899. The first-order chi connectivity index (χ1) is 10.6. The maximum atomic E-state index is 3.85. The molecule has 1 nitrogen and oxygen atoms in total. The number of benzene rings is 2. The largest absolute Gasteiger partial charge is 0.309 e. The molecule has 0 unspecified atom stereocenters. The van der Waals surface area contributed by atoms with Crippen molar-refractivity contribution in [2.45, 2.75) is 38.3 Å². The molecule has 0 aliphatic rings. The lowest BCUT2D eigenvalue weighted by Gasteiger charge is -2.14. The standard InChI is InChI=1S/C20H25NS/c1-5-6-18-11-16(3)20(22-4)19(12-18)14-21-13-17-9-7-15(2)8-10-17/h5,7-12,21H,1,6,13-14H2,2-4H3. The first kappa shape index (κ1) is 16.9. The van der Waals surface area contributed by atoms with Gasteiger partial charge in [-0.25, -0.2) is 0 Å². The molecule has 0 fully saturated rings. The highest BCUT2D eigenvalue weighted by Crippen LogP contribution is 2.26. The summed E-state index contributed by atoms with van der Waals surface area (Å²) >= 11 is 1.83. The van der Waals surface area contributed by atoms with E-state index in [1.54, 1.807) is 0 Å². The lowest BCUT2D eigenvalue weighted by atomic mass is 10.0. The topological polar surface area (TPSA) is 12.0 Å². The normalized spacial score (nSPS) is 10.7. The van der Waals surface area contributed by atoms with E-state index in [9.17, 15) is 0 Å². The van der Waals surface area contributed by atoms with E-state index < -0.39 is 0 Å². The Hall–Kier alpha value is -1.51. The van der Waals surface area contributed by atoms with Crippen LogP contribution in [0.1, 0.15) is 27.8 Å². The molecule has 2 rings (SSSR count). The van der Waals surface area contributed by atoms with Crippen molar-refractivity contribution in [3.05, 3.63) is 76.9 Å². The molecular weight excluding hydrogens is 286 g/mol. The summed E-state index contributed by atoms with van der Waals surface area (Å²) in [6.07, 6.45) is 5.05. The highest BCUT2D eigenvalue weighted by molar-refractivity contribution is 7.98. The third-order valence-electron chi connectivity index (χ3n) is 3.76. The summed E-state index contributed by atoms with van der Waals surface area (Å²) < 4.78 is 0. The Morgan fingerprint density at radius 3 is 2.41 bits per heavy atom. The van der Waals surface area contributed by atoms with Gasteiger partial charge in [0.1, 0.15) is 0 Å². The molecular formula is C20H25NS. The van der Waals surface area contributed by atoms with Crippen LogP contribution in [0.2, 0.25) is 0 Å². The Bertz CT molecular complexity index is 629. The molecule has 0 atom stereocenters. The fourth-order valence-corrected chi connectivity index (χ4v) is 3.46. The zero-order valence-electron chi connectivity index (χ0n) is 13.8. The molecule has 2 heteroatoms. The first-order valence-corrected chi connectivity index (χ1v) is 8.90. The van der Waals surface area contributed by atoms with E-state index in [-0.39, 0.29) is 0 Å². The van der Waals surface area contributed by atoms with Gasteiger partial charge in [0.15, 0.2) is 0 Å². The van der Waals surface area contributed by atoms with Crippen molar-refractivity contribution in [3.63, 3.8) is 0 Å². The highest BCUT2D eigenvalue weighted by atomic mass is 32.2. The number of hydrogen-bond donors (Lipinski definition) is 1. The van der Waals surface area contributed by atoms with Gasteiger partial charge in [-0.1, -0.05) is 48.0 Å². The number of thioether (sulfide) groups is 1. The first-order valence-electron chi connectivity index (χ1n) is 7.67. The molecule has 116 valence electrons. The highest BCUT2D eigenvalue weighted by Gasteiger charge is 2.07. The van der Waals surface area contributed by atoms with E-state index >= 15 is 0 Å². The smallest absolute Gasteiger partial charge is 0.0220 e. The van der Waals surface area contributed by atoms with E-state index in [0.717, 1.165) is 19.5 Å². The minimum absolute atomic E-state index is 0.899. The van der Waals surface area contributed by atoms with Gasteiger partial charge in [0.05, 0.1) is 0 Å². The van der Waals surface area contributed by atoms with Gasteiger partial charge in [-0.3, -0.25) is 0 Å². The van der Waals surface area contributed by atoms with Crippen LogP contribution in [-0.4, -0.2) is 6.26 Å². The number of hydrogen-bond acceptors (Lipinski definition) is 2. The van der Waals surface area contributed by atoms with Crippen molar-refractivity contribution >= 4 is 11.8 Å². The molecule has 1 N–H and O–H groups in total. The lowest BCUT2D eigenvalue weighted by molar-refractivity contribution is 0.684. The van der Waals surface area contributed by atoms with Crippen molar-refractivity contribution < 1.29 is 0 Å². The molecule has 2 aromatic carbocycles. The number of aryl methyl sites for hydroxylation is 2. The van der Waals surface area contributed by atoms with Crippen LogP contribution in [0, 0.1) is 13.8 Å². The molecule has 0 amide bonds. The molecule has 22 heavy (non-hydrogen) atoms. The third kappa shape index (κ3) is 4.49. The third-order valence-corrected chi connectivity index (χ3v) is 4.75. The fourth-order valence-electron chi connectivity index (χ4n) is 2.68. The molecule has 0 saturated heterocycles. The Kier molecular flexibility index (Phi) is 6.29. The van der Waals surface area contributed by atoms with Crippen LogP contribution in [0.4, 0.5) is 0 Å². The minimum Gasteiger partial charge on any atom is -0.309 e. The molecule has 0 radical (unpaired) electrons. The van der Waals surface area contributed by atoms with Gasteiger partial charge in [0.2, 0.25) is 0 Å². The van der Waals surface area contributed by atoms with E-state index in [1.165, 1.54) is 32.7 Å². The van der Waals surface area contributed by atoms with E-state index in [0.29, 0.717) is 0 Å². The van der Waals surface area contributed by atoms with Gasteiger partial charge in [-0.2, -0.15) is 0 Å². The molecule has 0 aliphatic carbocycles. The quantitative estimate of drug-likeness (QED) is 0.567. The van der Waals surface area contributed by atoms with E-state index in [2.05, 4.69) is 68.4 Å². The summed E-state index contributed by atoms with van der Waals surface area (Å²) in [4.78, 5) is 1.39. The van der Waals surface area contributed by atoms with Crippen molar-refractivity contribution in [2.24, 2.45) is 0 Å². The van der Waals surface area contributed by atoms with Crippen LogP contribution in [0.5, 0.6) is 0 Å². The van der Waals surface area contributed by atoms with Crippen LogP contribution < -0.4 is 5.32 Å². The Morgan fingerprint density at radius 1 is 1.05 bits per heavy atom. The van der Waals surface area contributed by atoms with E-state index in [1.807, 2.05) is 17.8 Å². The molecule has 0 saturated carbocycles. The van der Waals surface area contributed by atoms with Crippen molar-refractivity contribution in [2.75, 3.05) is 6.26 Å². The van der Waals surface area contributed by atoms with Gasteiger partial charge in [0.25, 0.3) is 0 Å². The number of rotatable bonds is 7. The average molecular weight is 311 g/mol. The van der Waals surface area contributed by atoms with Gasteiger partial charge in [-0.05, 0) is 48.8 Å². The second-order valence-corrected chi connectivity index (χ2v) is 6.50. The zero-order valence-corrected chi connectivity index (χ0v) is 14.6. The molecule has 0 aromatic heterocycles. The maximum absolute atomic E-state index is 3.85. The number of allylic oxidation sites excluding steroid dienone is 1. The van der Waals surface area contributed by atoms with Crippen LogP contribution in [0.15, 0.2) is 53.9 Å². The second kappa shape index (κ2) is 8.21. The molecule has 0 heterocycles. The van der Waals surface area contributed by atoms with Gasteiger partial charge in [-0.15, -0.1) is 18.3 Å². The van der Waals surface area contributed by atoms with Gasteiger partial charge >= 0.3 is 0 Å². The van der Waals surface area contributed by atoms with Crippen LogP contribution in [0.3, 0.4) is 0 Å². The maximum Gasteiger partial charge on any atom is 0.0220 e. The van der Waals surface area contributed by atoms with Crippen molar-refractivity contribution in [3.8, 4) is 0 Å². The van der Waals surface area contributed by atoms with Crippen LogP contribution in [0.25, 0.3) is 0 Å². The molecule has 0 aliphatic heterocycles. The fraction of sp³-hybridized carbons (Fsp3) is 0.300. The summed E-state index contributed by atoms with van der Waals surface area (Å²) in [5.74, 6) is 0. The summed E-state index contributed by atoms with van der Waals surface area (Å²) in [7, 11) is 0. The second-order valence-electron chi connectivity index (χ2n) is 5.69. The predicted molar refractivity (Wildman–Crippen MR) is 98.6 cm³/mol. The average Bonchev–Trinajstić information content (AvgIpc) is 2.49. The monoisotopic (exact) mass is 311 g/mol. The molecule has 0 bridgehead atoms. The predicted octanol–water partition coefficient (Wildman–Crippen LogP) is 5.04. The molecule has 0 spiro atoms. The summed E-state index contributed by atoms with van der Waals surface area (Å²) in [6, 6.07) is 13.3. The lowest BCUT2D eigenvalue weighted by Crippen LogP contribution is -2.14. The van der Waals surface area contributed by atoms with Crippen molar-refractivity contribution in [1.82, 2.24) is 5.32 Å². The summed E-state index contributed by atoms with van der Waals surface area (Å²) in [6.45, 7) is 9.96. The van der Waals surface area contributed by atoms with Crippen LogP contribution >= 0.6 is 11.8 Å². The Balaban J connectivity index is 2.07. The van der Waals surface area contributed by atoms with Crippen molar-refractivity contribution in [1.29, 1.82) is 0 Å². The summed E-state index contributed by atoms with van der Waals surface area (Å²) in [5.41, 5.74) is 6.73. The SMILES string of the molecule is C=CCc1cc(C)c(SC)c(CNCc2ccc(C)cc2)c1. The molecule has 2 aromatic rings. The Labute approximate surface area is 138 Å².